The molecule has 0 bridgehead atoms. The molecule has 1 aromatic carbocycles. The Morgan fingerprint density at radius 1 is 1.29 bits per heavy atom. The highest BCUT2D eigenvalue weighted by Gasteiger charge is 2.10. The van der Waals surface area contributed by atoms with Crippen molar-refractivity contribution >= 4 is 22.9 Å². The standard InChI is InChI=1S/C14H16N2O4S/c1-9-8-21-14(18)16(9)7-13(17)15-10-4-5-11(19-2)12(6-10)20-3/h4-6,8H,7H2,1-3H3,(H,15,17). The van der Waals surface area contributed by atoms with Gasteiger partial charge in [-0.1, -0.05) is 11.3 Å². The second kappa shape index (κ2) is 6.45. The average Bonchev–Trinajstić information content (AvgIpc) is 2.79. The number of nitrogens with one attached hydrogen (secondary N) is 1. The number of rotatable bonds is 5. The molecule has 1 aromatic heterocycles. The molecule has 0 saturated carbocycles. The lowest BCUT2D eigenvalue weighted by atomic mass is 10.2. The number of benzene rings is 1. The molecule has 0 radical (unpaired) electrons. The molecule has 1 heterocycles. The molecule has 0 aliphatic carbocycles. The van der Waals surface area contributed by atoms with E-state index >= 15 is 0 Å². The first-order chi connectivity index (χ1) is 10.0. The molecule has 1 amide bonds. The van der Waals surface area contributed by atoms with Gasteiger partial charge in [0.1, 0.15) is 6.54 Å². The Balaban J connectivity index is 2.11. The highest BCUT2D eigenvalue weighted by molar-refractivity contribution is 7.07. The average molecular weight is 308 g/mol. The first-order valence-electron chi connectivity index (χ1n) is 6.22. The first-order valence-corrected chi connectivity index (χ1v) is 7.10. The lowest BCUT2D eigenvalue weighted by Gasteiger charge is -2.11. The molecule has 0 atom stereocenters. The molecular weight excluding hydrogens is 292 g/mol. The second-order valence-corrected chi connectivity index (χ2v) is 5.17. The molecule has 112 valence electrons. The summed E-state index contributed by atoms with van der Waals surface area (Å²) in [5.41, 5.74) is 1.35. The van der Waals surface area contributed by atoms with Crippen molar-refractivity contribution in [1.29, 1.82) is 0 Å². The van der Waals surface area contributed by atoms with Gasteiger partial charge in [-0.05, 0) is 19.1 Å². The van der Waals surface area contributed by atoms with Crippen LogP contribution >= 0.6 is 11.3 Å². The molecule has 0 unspecified atom stereocenters. The van der Waals surface area contributed by atoms with Gasteiger partial charge in [-0.25, -0.2) is 0 Å². The number of ether oxygens (including phenoxy) is 2. The van der Waals surface area contributed by atoms with E-state index in [1.165, 1.54) is 11.7 Å². The zero-order valence-electron chi connectivity index (χ0n) is 12.0. The number of thiazole rings is 1. The van der Waals surface area contributed by atoms with Gasteiger partial charge in [0.05, 0.1) is 14.2 Å². The van der Waals surface area contributed by atoms with Crippen molar-refractivity contribution in [2.45, 2.75) is 13.5 Å². The summed E-state index contributed by atoms with van der Waals surface area (Å²) in [5.74, 6) is 0.838. The molecule has 0 spiro atoms. The maximum Gasteiger partial charge on any atom is 0.307 e. The minimum Gasteiger partial charge on any atom is -0.493 e. The Morgan fingerprint density at radius 2 is 2.00 bits per heavy atom. The van der Waals surface area contributed by atoms with E-state index in [4.69, 9.17) is 9.47 Å². The summed E-state index contributed by atoms with van der Waals surface area (Å²) in [4.78, 5) is 23.4. The largest absolute Gasteiger partial charge is 0.493 e. The monoisotopic (exact) mass is 308 g/mol. The fourth-order valence-corrected chi connectivity index (χ4v) is 2.59. The van der Waals surface area contributed by atoms with Gasteiger partial charge in [0.2, 0.25) is 5.91 Å². The van der Waals surface area contributed by atoms with Gasteiger partial charge in [0, 0.05) is 22.8 Å². The lowest BCUT2D eigenvalue weighted by Crippen LogP contribution is -2.25. The summed E-state index contributed by atoms with van der Waals surface area (Å²) >= 11 is 1.08. The van der Waals surface area contributed by atoms with Crippen molar-refractivity contribution in [2.24, 2.45) is 0 Å². The minimum atomic E-state index is -0.272. The second-order valence-electron chi connectivity index (χ2n) is 4.35. The fraction of sp³-hybridized carbons (Fsp3) is 0.286. The number of hydrogen-bond donors (Lipinski definition) is 1. The molecule has 0 aliphatic heterocycles. The Morgan fingerprint density at radius 3 is 2.57 bits per heavy atom. The van der Waals surface area contributed by atoms with Crippen molar-refractivity contribution in [3.63, 3.8) is 0 Å². The van der Waals surface area contributed by atoms with E-state index in [1.54, 1.807) is 37.6 Å². The van der Waals surface area contributed by atoms with E-state index < -0.39 is 0 Å². The summed E-state index contributed by atoms with van der Waals surface area (Å²) in [5, 5.41) is 4.46. The van der Waals surface area contributed by atoms with Gasteiger partial charge in [-0.2, -0.15) is 0 Å². The summed E-state index contributed by atoms with van der Waals surface area (Å²) in [6, 6.07) is 5.08. The highest BCUT2D eigenvalue weighted by Crippen LogP contribution is 2.29. The summed E-state index contributed by atoms with van der Waals surface area (Å²) in [7, 11) is 3.07. The quantitative estimate of drug-likeness (QED) is 0.915. The van der Waals surface area contributed by atoms with Crippen LogP contribution in [-0.2, 0) is 11.3 Å². The molecule has 21 heavy (non-hydrogen) atoms. The van der Waals surface area contributed by atoms with Crippen molar-refractivity contribution in [2.75, 3.05) is 19.5 Å². The number of aromatic nitrogens is 1. The number of hydrogen-bond acceptors (Lipinski definition) is 5. The fourth-order valence-electron chi connectivity index (χ4n) is 1.85. The van der Waals surface area contributed by atoms with Crippen LogP contribution in [0, 0.1) is 6.92 Å². The molecular formula is C14H16N2O4S. The van der Waals surface area contributed by atoms with Crippen LogP contribution in [0.2, 0.25) is 0 Å². The van der Waals surface area contributed by atoms with Crippen molar-refractivity contribution < 1.29 is 14.3 Å². The van der Waals surface area contributed by atoms with E-state index in [0.717, 1.165) is 17.0 Å². The number of carbonyl (C=O) groups excluding carboxylic acids is 1. The van der Waals surface area contributed by atoms with Gasteiger partial charge < -0.3 is 14.8 Å². The van der Waals surface area contributed by atoms with Crippen molar-refractivity contribution in [3.8, 4) is 11.5 Å². The van der Waals surface area contributed by atoms with Gasteiger partial charge in [0.25, 0.3) is 0 Å². The number of aryl methyl sites for hydroxylation is 1. The van der Waals surface area contributed by atoms with Crippen LogP contribution in [0.4, 0.5) is 5.69 Å². The van der Waals surface area contributed by atoms with Crippen molar-refractivity contribution in [1.82, 2.24) is 4.57 Å². The zero-order chi connectivity index (χ0) is 15.4. The summed E-state index contributed by atoms with van der Waals surface area (Å²) in [6.45, 7) is 1.78. The number of nitrogens with zero attached hydrogens (tertiary/aromatic N) is 1. The van der Waals surface area contributed by atoms with Crippen LogP contribution in [0.1, 0.15) is 5.69 Å². The van der Waals surface area contributed by atoms with Gasteiger partial charge in [0.15, 0.2) is 11.5 Å². The number of methoxy groups -OCH3 is 2. The summed E-state index contributed by atoms with van der Waals surface area (Å²) < 4.78 is 11.7. The smallest absolute Gasteiger partial charge is 0.307 e. The number of amides is 1. The third kappa shape index (κ3) is 3.43. The number of carbonyl (C=O) groups is 1. The molecule has 1 N–H and O–H groups in total. The van der Waals surface area contributed by atoms with E-state index in [0.29, 0.717) is 17.2 Å². The van der Waals surface area contributed by atoms with E-state index in [-0.39, 0.29) is 17.3 Å². The summed E-state index contributed by atoms with van der Waals surface area (Å²) in [6.07, 6.45) is 0. The van der Waals surface area contributed by atoms with E-state index in [1.807, 2.05) is 0 Å². The minimum absolute atomic E-state index is 0.0114. The van der Waals surface area contributed by atoms with Crippen LogP contribution in [0.15, 0.2) is 28.4 Å². The van der Waals surface area contributed by atoms with Crippen LogP contribution in [0.5, 0.6) is 11.5 Å². The normalized spacial score (nSPS) is 10.2. The zero-order valence-corrected chi connectivity index (χ0v) is 12.8. The van der Waals surface area contributed by atoms with Crippen molar-refractivity contribution in [3.05, 3.63) is 38.9 Å². The van der Waals surface area contributed by atoms with Crippen LogP contribution in [0.3, 0.4) is 0 Å². The third-order valence-electron chi connectivity index (χ3n) is 2.95. The predicted octanol–water partition coefficient (Wildman–Crippen LogP) is 1.87. The molecule has 2 aromatic rings. The van der Waals surface area contributed by atoms with Crippen LogP contribution in [0.25, 0.3) is 0 Å². The van der Waals surface area contributed by atoms with E-state index in [9.17, 15) is 9.59 Å². The van der Waals surface area contributed by atoms with Gasteiger partial charge in [-0.3, -0.25) is 14.2 Å². The Bertz CT molecular complexity index is 705. The maximum absolute atomic E-state index is 12.0. The Kier molecular flexibility index (Phi) is 4.64. The Labute approximate surface area is 125 Å². The van der Waals surface area contributed by atoms with E-state index in [2.05, 4.69) is 5.32 Å². The SMILES string of the molecule is COc1ccc(NC(=O)Cn2c(C)csc2=O)cc1OC. The first kappa shape index (κ1) is 15.1. The molecule has 6 nitrogen and oxygen atoms in total. The van der Waals surface area contributed by atoms with Crippen LogP contribution < -0.4 is 19.7 Å². The molecule has 0 fully saturated rings. The molecule has 0 saturated heterocycles. The third-order valence-corrected chi connectivity index (χ3v) is 3.83. The highest BCUT2D eigenvalue weighted by atomic mass is 32.1. The maximum atomic E-state index is 12.0. The molecule has 2 rings (SSSR count). The van der Waals surface area contributed by atoms with Gasteiger partial charge in [-0.15, -0.1) is 0 Å². The number of anilines is 1. The van der Waals surface area contributed by atoms with Crippen LogP contribution in [-0.4, -0.2) is 24.7 Å². The molecule has 0 aliphatic rings. The predicted molar refractivity (Wildman–Crippen MR) is 81.5 cm³/mol. The lowest BCUT2D eigenvalue weighted by molar-refractivity contribution is -0.116. The topological polar surface area (TPSA) is 69.6 Å². The molecule has 7 heteroatoms. The van der Waals surface area contributed by atoms with Gasteiger partial charge >= 0.3 is 4.87 Å². The Hall–Kier alpha value is -2.28.